The molecule has 0 saturated heterocycles. The van der Waals surface area contributed by atoms with Gasteiger partial charge in [0.25, 0.3) is 0 Å². The van der Waals surface area contributed by atoms with Crippen LogP contribution < -0.4 is 0 Å². The van der Waals surface area contributed by atoms with Crippen molar-refractivity contribution in [3.05, 3.63) is 99.3 Å². The van der Waals surface area contributed by atoms with E-state index >= 15 is 0 Å². The van der Waals surface area contributed by atoms with E-state index in [1.165, 1.54) is 5.92 Å². The first-order chi connectivity index (χ1) is 7.73. The first-order valence-electron chi connectivity index (χ1n) is 5.06. The molecule has 0 unspecified atom stereocenters. The third-order valence-corrected chi connectivity index (χ3v) is 1.03. The van der Waals surface area contributed by atoms with Crippen LogP contribution in [0.4, 0.5) is 0 Å². The maximum atomic E-state index is 2.99. The molecule has 0 aromatic carbocycles. The zero-order valence-corrected chi connectivity index (χ0v) is 21.8. The Bertz CT molecular complexity index is 234. The number of nitrogens with one attached hydrogen (secondary N) is 1. The quantitative estimate of drug-likeness (QED) is 0.365. The number of hydrogen-bond donors (Lipinski definition) is 1. The largest absolute Gasteiger partial charge is 0.484 e. The van der Waals surface area contributed by atoms with Crippen molar-refractivity contribution in [1.29, 1.82) is 0 Å². The summed E-state index contributed by atoms with van der Waals surface area (Å²) in [6, 6.07) is 3.71. The van der Waals surface area contributed by atoms with Crippen molar-refractivity contribution in [2.24, 2.45) is 0 Å². The minimum Gasteiger partial charge on any atom is -0.484 e. The third kappa shape index (κ3) is 95.5. The van der Waals surface area contributed by atoms with Crippen LogP contribution >= 0.6 is 24.8 Å². The van der Waals surface area contributed by atoms with Crippen molar-refractivity contribution in [1.82, 2.24) is 4.98 Å². The van der Waals surface area contributed by atoms with Gasteiger partial charge in [0.15, 0.2) is 0 Å². The van der Waals surface area contributed by atoms with Gasteiger partial charge in [0.2, 0.25) is 0 Å². The number of H-pyrrole nitrogens is 1. The van der Waals surface area contributed by atoms with Crippen molar-refractivity contribution < 1.29 is 19.2 Å². The molecule has 24 heavy (non-hydrogen) atoms. The van der Waals surface area contributed by atoms with Gasteiger partial charge in [-0.15, -0.1) is 37.4 Å². The maximum absolute atomic E-state index is 2.99. The summed E-state index contributed by atoms with van der Waals surface area (Å²) >= 11 is 2.03. The monoisotopic (exact) mass is 428 g/mol. The fourth-order valence-electron chi connectivity index (χ4n) is 0.581. The van der Waals surface area contributed by atoms with E-state index in [1.54, 1.807) is 0 Å². The molecule has 0 radical (unpaired) electrons. The molecule has 2 rings (SSSR count). The molecule has 5 heteroatoms. The summed E-state index contributed by atoms with van der Waals surface area (Å²) in [4.78, 5) is 2.74. The van der Waals surface area contributed by atoms with E-state index in [0.29, 0.717) is 0 Å². The molecule has 0 spiro atoms. The summed E-state index contributed by atoms with van der Waals surface area (Å²) in [6.45, 7) is 6.25. The van der Waals surface area contributed by atoms with Gasteiger partial charge in [0.1, 0.15) is 0 Å². The van der Waals surface area contributed by atoms with Crippen LogP contribution in [0, 0.1) is 62.8 Å². The molecule has 0 aliphatic heterocycles. The zero-order valence-electron chi connectivity index (χ0n) is 17.2. The Balaban J connectivity index is -0.0000000126. The maximum Gasteiger partial charge on any atom is -0.108 e. The topological polar surface area (TPSA) is 15.8 Å². The number of hydrogen-bond acceptors (Lipinski definition) is 0. The van der Waals surface area contributed by atoms with E-state index in [0.717, 1.165) is 6.42 Å². The molecule has 1 nitrogen and oxygen atoms in total. The van der Waals surface area contributed by atoms with Crippen LogP contribution in [0.2, 0.25) is 0 Å². The Kier molecular flexibility index (Phi) is 176. The minimum atomic E-state index is 0. The molecule has 1 heterocycles. The predicted octanol–water partition coefficient (Wildman–Crippen LogP) is 6.37. The number of allylic oxidation sites excluding steroid dienone is 4. The number of rotatable bonds is 0. The molecule has 1 N–H and O–H groups in total. The normalized spacial score (nSPS) is 6.96. The van der Waals surface area contributed by atoms with Gasteiger partial charge in [0.05, 0.1) is 0 Å². The molecule has 0 saturated carbocycles. The standard InChI is InChI=1S/C5H5.C4H4N.C4H9.6CH3.2ClH.H2Si.Ti/c2*1-2-4-5-3-1;1-4(2)3;;;;;;;;;;/h1-3H,4H2;1-3,5H;1-3H3;6*1H3;2*1H;1H2;/q9*-1;;;;. The van der Waals surface area contributed by atoms with E-state index < -0.39 is 0 Å². The van der Waals surface area contributed by atoms with Crippen LogP contribution in [0.5, 0.6) is 0 Å². The Morgan fingerprint density at radius 2 is 1.38 bits per heavy atom. The average molecular weight is 429 g/mol. The van der Waals surface area contributed by atoms with Crippen molar-refractivity contribution in [3.8, 4) is 0 Å². The first-order valence-corrected chi connectivity index (χ1v) is 9.08. The molecule has 1 aliphatic rings. The molecular weight excluding hydrogens is 389 g/mol. The second-order valence-electron chi connectivity index (χ2n) is 3.32. The Morgan fingerprint density at radius 3 is 1.46 bits per heavy atom. The summed E-state index contributed by atoms with van der Waals surface area (Å²) in [7, 11) is 1.86. The van der Waals surface area contributed by atoms with Gasteiger partial charge < -0.3 is 55.5 Å². The Morgan fingerprint density at radius 1 is 0.958 bits per heavy atom. The van der Waals surface area contributed by atoms with Crippen LogP contribution in [0.15, 0.2) is 36.6 Å². The Hall–Kier alpha value is 0.271. The van der Waals surface area contributed by atoms with E-state index in [-0.39, 0.29) is 69.4 Å². The second-order valence-corrected chi connectivity index (χ2v) is 3.32. The molecule has 0 amide bonds. The van der Waals surface area contributed by atoms with Crippen molar-refractivity contribution in [2.75, 3.05) is 0 Å². The SMILES string of the molecule is C[C-](C)C.Cl.Cl.[C-]1=CC=CC1.[CH3-].[CH3-].[CH3-].[CH3-].[CH3-].[CH3-].[SiH2]=[Ti].[c-]1ccc[nH]1. The van der Waals surface area contributed by atoms with Crippen molar-refractivity contribution in [3.63, 3.8) is 0 Å². The van der Waals surface area contributed by atoms with Gasteiger partial charge in [-0.3, -0.25) is 6.08 Å². The molecule has 152 valence electrons. The Labute approximate surface area is 182 Å². The summed E-state index contributed by atoms with van der Waals surface area (Å²) in [6.07, 6.45) is 14.6. The molecule has 1 aromatic rings. The van der Waals surface area contributed by atoms with Crippen LogP contribution in [0.25, 0.3) is 0 Å². The molecule has 0 bridgehead atoms. The van der Waals surface area contributed by atoms with Gasteiger partial charge >= 0.3 is 26.8 Å². The van der Waals surface area contributed by atoms with E-state index in [1.807, 2.05) is 57.3 Å². The molecule has 1 aromatic heterocycles. The number of aromatic nitrogens is 1. The molecule has 1 aliphatic carbocycles. The van der Waals surface area contributed by atoms with Gasteiger partial charge in [-0.05, 0) is 0 Å². The zero-order chi connectivity index (χ0) is 12.6. The minimum absolute atomic E-state index is 0. The smallest absolute Gasteiger partial charge is 0.108 e. The fourth-order valence-corrected chi connectivity index (χ4v) is 0.581. The average Bonchev–Trinajstić information content (AvgIpc) is 2.99. The summed E-state index contributed by atoms with van der Waals surface area (Å²) < 4.78 is 0. The van der Waals surface area contributed by atoms with Crippen LogP contribution in [-0.2, 0) is 19.2 Å². The van der Waals surface area contributed by atoms with Crippen LogP contribution in [-0.4, -0.2) is 12.6 Å². The van der Waals surface area contributed by atoms with Crippen LogP contribution in [0.3, 0.4) is 0 Å². The first kappa shape index (κ1) is 64.5. The van der Waals surface area contributed by atoms with E-state index in [9.17, 15) is 0 Å². The van der Waals surface area contributed by atoms with Crippen LogP contribution in [0.1, 0.15) is 27.2 Å². The van der Waals surface area contributed by atoms with E-state index in [2.05, 4.69) is 44.1 Å². The fraction of sp³-hybridized carbons (Fsp3) is 0.211. The summed E-state index contributed by atoms with van der Waals surface area (Å²) in [5.41, 5.74) is 0. The number of halogens is 2. The molecular formula is C19H40Cl2NSiTi-9. The van der Waals surface area contributed by atoms with Gasteiger partial charge in [-0.1, -0.05) is 0 Å². The second kappa shape index (κ2) is 65.5. The van der Waals surface area contributed by atoms with Crippen molar-refractivity contribution >= 4 is 32.4 Å². The summed E-state index contributed by atoms with van der Waals surface area (Å²) in [5.74, 6) is 1.42. The van der Waals surface area contributed by atoms with Gasteiger partial charge in [-0.25, -0.2) is 12.2 Å². The molecule has 0 fully saturated rings. The molecule has 0 atom stereocenters. The number of aromatic amines is 1. The van der Waals surface area contributed by atoms with Gasteiger partial charge in [-0.2, -0.15) is 45.2 Å². The van der Waals surface area contributed by atoms with Gasteiger partial charge in [0, 0.05) is 0 Å². The third-order valence-electron chi connectivity index (χ3n) is 1.03. The predicted molar refractivity (Wildman–Crippen MR) is 123 cm³/mol. The summed E-state index contributed by atoms with van der Waals surface area (Å²) in [5, 5.41) is 0. The van der Waals surface area contributed by atoms with Crippen molar-refractivity contribution in [2.45, 2.75) is 27.2 Å². The van der Waals surface area contributed by atoms with E-state index in [4.69, 9.17) is 0 Å².